The van der Waals surface area contributed by atoms with Crippen LogP contribution in [0.5, 0.6) is 0 Å². The van der Waals surface area contributed by atoms with Crippen molar-refractivity contribution in [1.29, 1.82) is 0 Å². The van der Waals surface area contributed by atoms with Gasteiger partial charge in [-0.1, -0.05) is 0 Å². The summed E-state index contributed by atoms with van der Waals surface area (Å²) in [7, 11) is 0. The quantitative estimate of drug-likeness (QED) is 0.879. The lowest BCUT2D eigenvalue weighted by Gasteiger charge is -2.19. The fourth-order valence-corrected chi connectivity index (χ4v) is 3.45. The van der Waals surface area contributed by atoms with E-state index < -0.39 is 0 Å². The molecule has 1 aliphatic heterocycles. The van der Waals surface area contributed by atoms with E-state index in [-0.39, 0.29) is 0 Å². The van der Waals surface area contributed by atoms with Crippen LogP contribution in [0.1, 0.15) is 26.2 Å². The Morgan fingerprint density at radius 3 is 2.90 bits per heavy atom. The summed E-state index contributed by atoms with van der Waals surface area (Å²) in [6.07, 6.45) is 5.67. The Labute approximate surface area is 124 Å². The predicted octanol–water partition coefficient (Wildman–Crippen LogP) is 3.75. The number of nitrogens with one attached hydrogen (secondary N) is 2. The van der Waals surface area contributed by atoms with Gasteiger partial charge in [-0.05, 0) is 57.0 Å². The van der Waals surface area contributed by atoms with Crippen LogP contribution in [-0.2, 0) is 0 Å². The number of thiazole rings is 1. The van der Waals surface area contributed by atoms with E-state index in [1.165, 1.54) is 37.1 Å². The van der Waals surface area contributed by atoms with Crippen LogP contribution in [0.3, 0.4) is 0 Å². The van der Waals surface area contributed by atoms with Gasteiger partial charge in [0.1, 0.15) is 5.01 Å². The van der Waals surface area contributed by atoms with Crippen LogP contribution in [0.4, 0.5) is 5.69 Å². The predicted molar refractivity (Wildman–Crippen MR) is 86.3 cm³/mol. The SMILES string of the molecule is CC(CC1CCCN1)Nc1ccc(-c2nccs2)cc1. The second-order valence-corrected chi connectivity index (χ2v) is 6.38. The first-order chi connectivity index (χ1) is 9.81. The monoisotopic (exact) mass is 287 g/mol. The zero-order valence-corrected chi connectivity index (χ0v) is 12.6. The van der Waals surface area contributed by atoms with Crippen molar-refractivity contribution in [2.75, 3.05) is 11.9 Å². The summed E-state index contributed by atoms with van der Waals surface area (Å²) < 4.78 is 0. The van der Waals surface area contributed by atoms with E-state index in [0.717, 1.165) is 5.01 Å². The van der Waals surface area contributed by atoms with Gasteiger partial charge in [-0.25, -0.2) is 4.98 Å². The molecule has 0 bridgehead atoms. The second-order valence-electron chi connectivity index (χ2n) is 5.49. The van der Waals surface area contributed by atoms with E-state index in [4.69, 9.17) is 0 Å². The van der Waals surface area contributed by atoms with Crippen LogP contribution in [0.2, 0.25) is 0 Å². The minimum Gasteiger partial charge on any atom is -0.383 e. The third-order valence-electron chi connectivity index (χ3n) is 3.78. The molecule has 0 radical (unpaired) electrons. The van der Waals surface area contributed by atoms with E-state index in [2.05, 4.69) is 46.8 Å². The highest BCUT2D eigenvalue weighted by molar-refractivity contribution is 7.13. The van der Waals surface area contributed by atoms with Gasteiger partial charge in [0.05, 0.1) is 0 Å². The maximum absolute atomic E-state index is 4.34. The molecule has 2 heterocycles. The second kappa shape index (κ2) is 6.37. The molecule has 2 aromatic rings. The largest absolute Gasteiger partial charge is 0.383 e. The van der Waals surface area contributed by atoms with Gasteiger partial charge in [-0.2, -0.15) is 0 Å². The fraction of sp³-hybridized carbons (Fsp3) is 0.438. The van der Waals surface area contributed by atoms with Crippen molar-refractivity contribution in [1.82, 2.24) is 10.3 Å². The van der Waals surface area contributed by atoms with Gasteiger partial charge >= 0.3 is 0 Å². The Bertz CT molecular complexity index is 515. The van der Waals surface area contributed by atoms with Crippen molar-refractivity contribution in [3.63, 3.8) is 0 Å². The minimum absolute atomic E-state index is 0.497. The molecular weight excluding hydrogens is 266 g/mol. The smallest absolute Gasteiger partial charge is 0.123 e. The highest BCUT2D eigenvalue weighted by atomic mass is 32.1. The van der Waals surface area contributed by atoms with E-state index in [1.54, 1.807) is 11.3 Å². The zero-order chi connectivity index (χ0) is 13.8. The molecule has 20 heavy (non-hydrogen) atoms. The topological polar surface area (TPSA) is 37.0 Å². The zero-order valence-electron chi connectivity index (χ0n) is 11.8. The molecule has 1 saturated heterocycles. The molecule has 106 valence electrons. The highest BCUT2D eigenvalue weighted by Crippen LogP contribution is 2.24. The maximum Gasteiger partial charge on any atom is 0.123 e. The lowest BCUT2D eigenvalue weighted by Crippen LogP contribution is -2.29. The summed E-state index contributed by atoms with van der Waals surface area (Å²) in [5.74, 6) is 0. The van der Waals surface area contributed by atoms with Crippen molar-refractivity contribution >= 4 is 17.0 Å². The summed E-state index contributed by atoms with van der Waals surface area (Å²) in [6.45, 7) is 3.44. The molecule has 4 heteroatoms. The normalized spacial score (nSPS) is 19.9. The van der Waals surface area contributed by atoms with Gasteiger partial charge in [0.2, 0.25) is 0 Å². The van der Waals surface area contributed by atoms with Crippen LogP contribution in [0.15, 0.2) is 35.8 Å². The molecule has 1 aromatic carbocycles. The first-order valence-electron chi connectivity index (χ1n) is 7.31. The van der Waals surface area contributed by atoms with Crippen molar-refractivity contribution in [2.24, 2.45) is 0 Å². The summed E-state index contributed by atoms with van der Waals surface area (Å²) >= 11 is 1.68. The van der Waals surface area contributed by atoms with Crippen molar-refractivity contribution in [2.45, 2.75) is 38.3 Å². The maximum atomic E-state index is 4.34. The van der Waals surface area contributed by atoms with E-state index >= 15 is 0 Å². The number of hydrogen-bond acceptors (Lipinski definition) is 4. The molecule has 3 rings (SSSR count). The van der Waals surface area contributed by atoms with Crippen molar-refractivity contribution in [3.8, 4) is 10.6 Å². The molecule has 2 unspecified atom stereocenters. The molecule has 1 fully saturated rings. The minimum atomic E-state index is 0.497. The third kappa shape index (κ3) is 3.38. The van der Waals surface area contributed by atoms with Crippen LogP contribution in [0.25, 0.3) is 10.6 Å². The Hall–Kier alpha value is -1.39. The average Bonchev–Trinajstić information content (AvgIpc) is 3.12. The molecule has 2 N–H and O–H groups in total. The van der Waals surface area contributed by atoms with E-state index in [0.29, 0.717) is 12.1 Å². The summed E-state index contributed by atoms with van der Waals surface area (Å²) in [6, 6.07) is 9.76. The molecule has 2 atom stereocenters. The summed E-state index contributed by atoms with van der Waals surface area (Å²) in [5, 5.41) is 10.2. The third-order valence-corrected chi connectivity index (χ3v) is 4.60. The number of benzene rings is 1. The van der Waals surface area contributed by atoms with Gasteiger partial charge < -0.3 is 10.6 Å². The lowest BCUT2D eigenvalue weighted by molar-refractivity contribution is 0.523. The van der Waals surface area contributed by atoms with Crippen LogP contribution >= 0.6 is 11.3 Å². The van der Waals surface area contributed by atoms with Crippen LogP contribution in [0, 0.1) is 0 Å². The van der Waals surface area contributed by atoms with Gasteiger partial charge in [-0.3, -0.25) is 0 Å². The Kier molecular flexibility index (Phi) is 4.33. The van der Waals surface area contributed by atoms with E-state index in [9.17, 15) is 0 Å². The molecule has 0 aliphatic carbocycles. The van der Waals surface area contributed by atoms with Gasteiger partial charge in [0.15, 0.2) is 0 Å². The number of rotatable bonds is 5. The molecule has 0 saturated carbocycles. The Morgan fingerprint density at radius 1 is 1.40 bits per heavy atom. The van der Waals surface area contributed by atoms with Crippen LogP contribution < -0.4 is 10.6 Å². The van der Waals surface area contributed by atoms with Gasteiger partial charge in [0.25, 0.3) is 0 Å². The molecule has 0 amide bonds. The number of aromatic nitrogens is 1. The lowest BCUT2D eigenvalue weighted by atomic mass is 10.1. The Morgan fingerprint density at radius 2 is 2.25 bits per heavy atom. The van der Waals surface area contributed by atoms with E-state index in [1.807, 2.05) is 11.6 Å². The average molecular weight is 287 g/mol. The van der Waals surface area contributed by atoms with Gasteiger partial charge in [0, 0.05) is 34.9 Å². The molecular formula is C16H21N3S. The standard InChI is InChI=1S/C16H21N3S/c1-12(11-15-3-2-8-17-15)19-14-6-4-13(5-7-14)16-18-9-10-20-16/h4-7,9-10,12,15,17,19H,2-3,8,11H2,1H3. The summed E-state index contributed by atoms with van der Waals surface area (Å²) in [4.78, 5) is 4.34. The molecule has 0 spiro atoms. The molecule has 1 aliphatic rings. The highest BCUT2D eigenvalue weighted by Gasteiger charge is 2.16. The summed E-state index contributed by atoms with van der Waals surface area (Å²) in [5.41, 5.74) is 2.38. The molecule has 1 aromatic heterocycles. The fourth-order valence-electron chi connectivity index (χ4n) is 2.80. The molecule has 3 nitrogen and oxygen atoms in total. The number of nitrogens with zero attached hydrogens (tertiary/aromatic N) is 1. The number of hydrogen-bond donors (Lipinski definition) is 2. The first kappa shape index (κ1) is 13.6. The van der Waals surface area contributed by atoms with Gasteiger partial charge in [-0.15, -0.1) is 11.3 Å². The Balaban J connectivity index is 1.57. The number of anilines is 1. The van der Waals surface area contributed by atoms with Crippen LogP contribution in [-0.4, -0.2) is 23.6 Å². The first-order valence-corrected chi connectivity index (χ1v) is 8.19. The van der Waals surface area contributed by atoms with Crippen molar-refractivity contribution in [3.05, 3.63) is 35.8 Å². The van der Waals surface area contributed by atoms with Crippen molar-refractivity contribution < 1.29 is 0 Å².